The molecule has 2 N–H and O–H groups in total. The number of aryl methyl sites for hydroxylation is 1. The number of benzene rings is 1. The first-order chi connectivity index (χ1) is 12.5. The fourth-order valence-electron chi connectivity index (χ4n) is 3.70. The van der Waals surface area contributed by atoms with Crippen LogP contribution >= 0.6 is 24.2 Å². The van der Waals surface area contributed by atoms with E-state index in [1.165, 1.54) is 7.11 Å². The molecule has 2 atom stereocenters. The Morgan fingerprint density at radius 3 is 2.74 bits per heavy atom. The van der Waals surface area contributed by atoms with Crippen LogP contribution in [0.15, 0.2) is 35.3 Å². The molecule has 1 aromatic carbocycles. The Morgan fingerprint density at radius 2 is 2.04 bits per heavy atom. The Kier molecular flexibility index (Phi) is 5.48. The number of nitrogens with two attached hydrogens (primary N) is 1. The first-order valence-corrected chi connectivity index (χ1v) is 9.39. The number of aliphatic imine (C=N–C) groups is 1. The Hall–Kier alpha value is -2.06. The number of methoxy groups -OCH3 is 1. The minimum absolute atomic E-state index is 0. The number of thioether (sulfide) groups is 1. The van der Waals surface area contributed by atoms with Crippen molar-refractivity contribution >= 4 is 35.3 Å². The fourth-order valence-corrected chi connectivity index (χ4v) is 4.68. The maximum absolute atomic E-state index is 14.0. The van der Waals surface area contributed by atoms with Crippen molar-refractivity contribution < 1.29 is 9.13 Å². The van der Waals surface area contributed by atoms with Gasteiger partial charge in [-0.25, -0.2) is 9.98 Å². The van der Waals surface area contributed by atoms with Crippen LogP contribution in [0.5, 0.6) is 5.88 Å². The van der Waals surface area contributed by atoms with E-state index in [9.17, 15) is 4.39 Å². The lowest BCUT2D eigenvalue weighted by Gasteiger charge is -2.34. The molecular weight excluding hydrogens is 389 g/mol. The van der Waals surface area contributed by atoms with Crippen molar-refractivity contribution in [3.63, 3.8) is 0 Å². The van der Waals surface area contributed by atoms with E-state index in [0.717, 1.165) is 17.9 Å². The van der Waals surface area contributed by atoms with Gasteiger partial charge in [0.2, 0.25) is 11.8 Å². The van der Waals surface area contributed by atoms with E-state index in [2.05, 4.69) is 27.0 Å². The summed E-state index contributed by atoms with van der Waals surface area (Å²) in [6, 6.07) is 10.2. The number of hydrogen-bond acceptors (Lipinski definition) is 7. The third-order valence-corrected chi connectivity index (χ3v) is 5.97. The van der Waals surface area contributed by atoms with E-state index < -0.39 is 11.4 Å². The van der Waals surface area contributed by atoms with Crippen LogP contribution in [0.2, 0.25) is 0 Å². The van der Waals surface area contributed by atoms with Crippen LogP contribution in [-0.2, 0) is 5.54 Å². The third-order valence-electron chi connectivity index (χ3n) is 5.01. The smallest absolute Gasteiger partial charge is 0.255 e. The number of hydrogen-bond donors (Lipinski definition) is 1. The molecule has 6 nitrogen and oxygen atoms in total. The highest BCUT2D eigenvalue weighted by atomic mass is 35.5. The summed E-state index contributed by atoms with van der Waals surface area (Å²) in [4.78, 5) is 15.5. The Labute approximate surface area is 167 Å². The first-order valence-electron chi connectivity index (χ1n) is 8.40. The van der Waals surface area contributed by atoms with Crippen LogP contribution < -0.4 is 15.4 Å². The molecule has 0 bridgehead atoms. The second-order valence-electron chi connectivity index (χ2n) is 6.56. The van der Waals surface area contributed by atoms with E-state index in [0.29, 0.717) is 17.7 Å². The van der Waals surface area contributed by atoms with Crippen LogP contribution in [-0.4, -0.2) is 41.1 Å². The molecule has 0 unspecified atom stereocenters. The molecule has 0 aliphatic carbocycles. The van der Waals surface area contributed by atoms with Crippen LogP contribution in [0.25, 0.3) is 0 Å². The van der Waals surface area contributed by atoms with Crippen molar-refractivity contribution in [2.45, 2.75) is 12.5 Å². The van der Waals surface area contributed by atoms with Crippen molar-refractivity contribution in [1.82, 2.24) is 9.97 Å². The lowest BCUT2D eigenvalue weighted by molar-refractivity contribution is 0.365. The van der Waals surface area contributed by atoms with Gasteiger partial charge < -0.3 is 15.4 Å². The molecule has 144 valence electrons. The summed E-state index contributed by atoms with van der Waals surface area (Å²) in [6.07, 6.45) is 0. The third kappa shape index (κ3) is 3.32. The number of amidine groups is 1. The Bertz CT molecular complexity index is 868. The van der Waals surface area contributed by atoms with Crippen LogP contribution in [0.1, 0.15) is 11.3 Å². The number of halogens is 2. The second kappa shape index (κ2) is 7.52. The van der Waals surface area contributed by atoms with Gasteiger partial charge in [0.25, 0.3) is 5.88 Å². The number of fused-ring (bicyclic) bond motifs is 1. The van der Waals surface area contributed by atoms with Gasteiger partial charge in [-0.1, -0.05) is 42.1 Å². The van der Waals surface area contributed by atoms with Crippen molar-refractivity contribution in [3.05, 3.63) is 47.4 Å². The summed E-state index contributed by atoms with van der Waals surface area (Å²) in [5.41, 5.74) is 7.04. The van der Waals surface area contributed by atoms with Crippen LogP contribution in [0.4, 0.5) is 10.3 Å². The van der Waals surface area contributed by atoms with Gasteiger partial charge in [-0.05, 0) is 12.5 Å². The number of nitrogens with zero attached hydrogens (tertiary/aromatic N) is 4. The monoisotopic (exact) mass is 409 g/mol. The van der Waals surface area contributed by atoms with E-state index in [4.69, 9.17) is 15.5 Å². The summed E-state index contributed by atoms with van der Waals surface area (Å²) >= 11 is 1.57. The lowest BCUT2D eigenvalue weighted by Crippen LogP contribution is -2.40. The van der Waals surface area contributed by atoms with Crippen molar-refractivity contribution in [1.29, 1.82) is 0 Å². The van der Waals surface area contributed by atoms with Gasteiger partial charge in [-0.15, -0.1) is 12.4 Å². The zero-order chi connectivity index (χ0) is 18.3. The molecule has 3 heterocycles. The predicted octanol–water partition coefficient (Wildman–Crippen LogP) is 2.75. The number of anilines is 1. The molecular formula is C18H21ClFN5OS. The highest BCUT2D eigenvalue weighted by Crippen LogP contribution is 2.46. The van der Waals surface area contributed by atoms with Crippen molar-refractivity contribution in [3.8, 4) is 5.88 Å². The topological polar surface area (TPSA) is 76.6 Å². The standard InChI is InChI=1S/C18H20FN5OS.ClH/c1-11-14(19)15(25-2)22-17(21-11)24-8-13-9-26-16(20)23-18(13,10-24)12-6-4-3-5-7-12;/h3-7,13H,8-10H2,1-2H3,(H2,20,23);1H/t13-,18+;/m0./s1. The average molecular weight is 410 g/mol. The Morgan fingerprint density at radius 1 is 1.30 bits per heavy atom. The first kappa shape index (κ1) is 19.7. The second-order valence-corrected chi connectivity index (χ2v) is 7.60. The van der Waals surface area contributed by atoms with Gasteiger partial charge in [-0.2, -0.15) is 9.37 Å². The maximum atomic E-state index is 14.0. The van der Waals surface area contributed by atoms with Gasteiger partial charge in [0, 0.05) is 18.2 Å². The van der Waals surface area contributed by atoms with Gasteiger partial charge >= 0.3 is 0 Å². The zero-order valence-corrected chi connectivity index (χ0v) is 16.7. The lowest BCUT2D eigenvalue weighted by atomic mass is 9.82. The van der Waals surface area contributed by atoms with Crippen LogP contribution in [0.3, 0.4) is 0 Å². The van der Waals surface area contributed by atoms with Crippen molar-refractivity contribution in [2.24, 2.45) is 16.6 Å². The number of ether oxygens (including phenoxy) is 1. The van der Waals surface area contributed by atoms with E-state index >= 15 is 0 Å². The summed E-state index contributed by atoms with van der Waals surface area (Å²) in [6.45, 7) is 2.94. The van der Waals surface area contributed by atoms with E-state index in [1.54, 1.807) is 18.7 Å². The van der Waals surface area contributed by atoms with Gasteiger partial charge in [0.1, 0.15) is 5.54 Å². The molecule has 0 saturated carbocycles. The van der Waals surface area contributed by atoms with Gasteiger partial charge in [0.15, 0.2) is 5.17 Å². The minimum Gasteiger partial charge on any atom is -0.479 e. The molecule has 2 aliphatic heterocycles. The fraction of sp³-hybridized carbons (Fsp3) is 0.389. The molecule has 2 aliphatic rings. The molecule has 0 radical (unpaired) electrons. The highest BCUT2D eigenvalue weighted by Gasteiger charge is 2.50. The molecule has 0 amide bonds. The Balaban J connectivity index is 0.00000210. The van der Waals surface area contributed by atoms with E-state index in [-0.39, 0.29) is 29.9 Å². The molecule has 27 heavy (non-hydrogen) atoms. The molecule has 4 rings (SSSR count). The molecule has 1 aromatic heterocycles. The summed E-state index contributed by atoms with van der Waals surface area (Å²) in [5.74, 6) is 1.04. The normalized spacial score (nSPS) is 24.0. The predicted molar refractivity (Wildman–Crippen MR) is 108 cm³/mol. The SMILES string of the molecule is COc1nc(N2C[C@H]3CSC(N)=N[C@@]3(c3ccccc3)C2)nc(C)c1F.Cl. The van der Waals surface area contributed by atoms with Gasteiger partial charge in [0.05, 0.1) is 19.3 Å². The largest absolute Gasteiger partial charge is 0.479 e. The average Bonchev–Trinajstić information content (AvgIpc) is 3.04. The number of rotatable bonds is 3. The molecule has 1 saturated heterocycles. The number of aromatic nitrogens is 2. The van der Waals surface area contributed by atoms with Crippen LogP contribution in [0, 0.1) is 18.7 Å². The maximum Gasteiger partial charge on any atom is 0.255 e. The van der Waals surface area contributed by atoms with Gasteiger partial charge in [-0.3, -0.25) is 0 Å². The molecule has 1 fully saturated rings. The molecule has 2 aromatic rings. The van der Waals surface area contributed by atoms with E-state index in [1.807, 2.05) is 18.2 Å². The summed E-state index contributed by atoms with van der Waals surface area (Å²) < 4.78 is 19.1. The zero-order valence-electron chi connectivity index (χ0n) is 15.1. The minimum atomic E-state index is -0.525. The molecule has 9 heteroatoms. The quantitative estimate of drug-likeness (QED) is 0.839. The summed E-state index contributed by atoms with van der Waals surface area (Å²) in [5, 5.41) is 0.598. The van der Waals surface area contributed by atoms with Crippen molar-refractivity contribution in [2.75, 3.05) is 30.9 Å². The summed E-state index contributed by atoms with van der Waals surface area (Å²) in [7, 11) is 1.41. The molecule has 0 spiro atoms. The highest BCUT2D eigenvalue weighted by molar-refractivity contribution is 8.13.